The fraction of sp³-hybridized carbons (Fsp3) is 0.0833. The van der Waals surface area contributed by atoms with E-state index in [1.54, 1.807) is 25.4 Å². The Bertz CT molecular complexity index is 1440. The van der Waals surface area contributed by atoms with Crippen LogP contribution in [0.25, 0.3) is 28.0 Å². The van der Waals surface area contributed by atoms with Gasteiger partial charge in [-0.3, -0.25) is 4.98 Å². The first-order chi connectivity index (χ1) is 16.1. The van der Waals surface area contributed by atoms with E-state index in [4.69, 9.17) is 15.5 Å². The topological polar surface area (TPSA) is 104 Å². The van der Waals surface area contributed by atoms with Gasteiger partial charge in [0.2, 0.25) is 5.95 Å². The number of methoxy groups -OCH3 is 1. The van der Waals surface area contributed by atoms with Gasteiger partial charge in [-0.2, -0.15) is 4.98 Å². The molecule has 3 heterocycles. The van der Waals surface area contributed by atoms with Gasteiger partial charge in [0.05, 0.1) is 36.1 Å². The standard InChI is InChI=1S/C24H20FN7O/c1-33-19-11-3-2-10-18(19)21-20-22(26)32(17-9-6-7-15(25)13-17)31-23(20)30-24(29-21)28-14-16-8-4-5-12-27-16/h2-13H,14,26H2,1H3,(H,28,30,31). The molecule has 2 aromatic carbocycles. The van der Waals surface area contributed by atoms with Crippen molar-refractivity contribution in [2.45, 2.75) is 6.54 Å². The number of nitrogens with zero attached hydrogens (tertiary/aromatic N) is 5. The van der Waals surface area contributed by atoms with Gasteiger partial charge < -0.3 is 15.8 Å². The highest BCUT2D eigenvalue weighted by Gasteiger charge is 2.21. The van der Waals surface area contributed by atoms with Crippen LogP contribution in [0.3, 0.4) is 0 Å². The van der Waals surface area contributed by atoms with E-state index in [0.717, 1.165) is 11.3 Å². The quantitative estimate of drug-likeness (QED) is 0.407. The monoisotopic (exact) mass is 441 g/mol. The van der Waals surface area contributed by atoms with Gasteiger partial charge in [0.25, 0.3) is 0 Å². The molecule has 5 rings (SSSR count). The molecule has 164 valence electrons. The zero-order chi connectivity index (χ0) is 22.8. The van der Waals surface area contributed by atoms with Crippen LogP contribution in [0, 0.1) is 5.82 Å². The fourth-order valence-electron chi connectivity index (χ4n) is 3.60. The summed E-state index contributed by atoms with van der Waals surface area (Å²) in [5.41, 5.74) is 9.48. The molecule has 0 aliphatic carbocycles. The van der Waals surface area contributed by atoms with Crippen molar-refractivity contribution in [3.05, 3.63) is 84.4 Å². The molecule has 0 fully saturated rings. The number of nitrogens with one attached hydrogen (secondary N) is 1. The van der Waals surface area contributed by atoms with Gasteiger partial charge >= 0.3 is 0 Å². The molecule has 3 N–H and O–H groups in total. The predicted molar refractivity (Wildman–Crippen MR) is 125 cm³/mol. The Labute approximate surface area is 188 Å². The van der Waals surface area contributed by atoms with Crippen molar-refractivity contribution in [3.8, 4) is 22.7 Å². The Hall–Kier alpha value is -4.53. The molecule has 0 saturated heterocycles. The number of nitrogens with two attached hydrogens (primary N) is 1. The number of anilines is 2. The lowest BCUT2D eigenvalue weighted by Gasteiger charge is -2.11. The van der Waals surface area contributed by atoms with Gasteiger partial charge in [0.1, 0.15) is 17.4 Å². The number of halogens is 1. The first-order valence-corrected chi connectivity index (χ1v) is 10.2. The van der Waals surface area contributed by atoms with E-state index in [0.29, 0.717) is 46.5 Å². The number of ether oxygens (including phenoxy) is 1. The Balaban J connectivity index is 1.69. The molecule has 33 heavy (non-hydrogen) atoms. The molecule has 0 aliphatic heterocycles. The number of hydrogen-bond acceptors (Lipinski definition) is 7. The Morgan fingerprint density at radius 1 is 1.03 bits per heavy atom. The highest BCUT2D eigenvalue weighted by atomic mass is 19.1. The molecular weight excluding hydrogens is 421 g/mol. The maximum Gasteiger partial charge on any atom is 0.225 e. The molecule has 0 radical (unpaired) electrons. The molecule has 0 aliphatic rings. The van der Waals surface area contributed by atoms with Gasteiger partial charge in [0, 0.05) is 11.8 Å². The first kappa shape index (κ1) is 20.4. The number of rotatable bonds is 6. The second kappa shape index (κ2) is 8.54. The Morgan fingerprint density at radius 2 is 1.88 bits per heavy atom. The first-order valence-electron chi connectivity index (χ1n) is 10.2. The van der Waals surface area contributed by atoms with Crippen molar-refractivity contribution in [2.75, 3.05) is 18.2 Å². The van der Waals surface area contributed by atoms with Gasteiger partial charge in [-0.1, -0.05) is 24.3 Å². The highest BCUT2D eigenvalue weighted by molar-refractivity contribution is 6.00. The van der Waals surface area contributed by atoms with Crippen molar-refractivity contribution >= 4 is 22.8 Å². The zero-order valence-electron chi connectivity index (χ0n) is 17.7. The normalized spacial score (nSPS) is 11.0. The van der Waals surface area contributed by atoms with Crippen LogP contribution < -0.4 is 15.8 Å². The summed E-state index contributed by atoms with van der Waals surface area (Å²) in [7, 11) is 1.59. The summed E-state index contributed by atoms with van der Waals surface area (Å²) in [6, 6.07) is 19.2. The van der Waals surface area contributed by atoms with Crippen LogP contribution in [-0.4, -0.2) is 31.8 Å². The molecule has 0 amide bonds. The third-order valence-corrected chi connectivity index (χ3v) is 5.14. The number of aromatic nitrogens is 5. The van der Waals surface area contributed by atoms with Crippen LogP contribution >= 0.6 is 0 Å². The minimum absolute atomic E-state index is 0.299. The Kier molecular flexibility index (Phi) is 5.27. The molecule has 0 atom stereocenters. The van der Waals surface area contributed by atoms with Crippen LogP contribution in [0.5, 0.6) is 5.75 Å². The number of para-hydroxylation sites is 1. The van der Waals surface area contributed by atoms with Gasteiger partial charge in [-0.15, -0.1) is 5.10 Å². The van der Waals surface area contributed by atoms with Gasteiger partial charge in [-0.25, -0.2) is 14.1 Å². The summed E-state index contributed by atoms with van der Waals surface area (Å²) in [4.78, 5) is 13.6. The highest BCUT2D eigenvalue weighted by Crippen LogP contribution is 2.37. The van der Waals surface area contributed by atoms with Crippen molar-refractivity contribution in [1.29, 1.82) is 0 Å². The number of fused-ring (bicyclic) bond motifs is 1. The Morgan fingerprint density at radius 3 is 2.67 bits per heavy atom. The fourth-order valence-corrected chi connectivity index (χ4v) is 3.60. The van der Waals surface area contributed by atoms with Crippen molar-refractivity contribution < 1.29 is 9.13 Å². The summed E-state index contributed by atoms with van der Waals surface area (Å²) in [6.45, 7) is 0.428. The smallest absolute Gasteiger partial charge is 0.225 e. The second-order valence-corrected chi connectivity index (χ2v) is 7.25. The van der Waals surface area contributed by atoms with Crippen LogP contribution in [0.2, 0.25) is 0 Å². The third kappa shape index (κ3) is 3.91. The van der Waals surface area contributed by atoms with Crippen molar-refractivity contribution in [1.82, 2.24) is 24.7 Å². The lowest BCUT2D eigenvalue weighted by atomic mass is 10.1. The lowest BCUT2D eigenvalue weighted by molar-refractivity contribution is 0.416. The average Bonchev–Trinajstić information content (AvgIpc) is 3.19. The molecule has 0 spiro atoms. The number of hydrogen-bond donors (Lipinski definition) is 2. The largest absolute Gasteiger partial charge is 0.496 e. The summed E-state index contributed by atoms with van der Waals surface area (Å²) in [5, 5.41) is 8.31. The van der Waals surface area contributed by atoms with Crippen molar-refractivity contribution in [2.24, 2.45) is 0 Å². The summed E-state index contributed by atoms with van der Waals surface area (Å²) in [6.07, 6.45) is 1.72. The summed E-state index contributed by atoms with van der Waals surface area (Å²) >= 11 is 0. The molecule has 0 saturated carbocycles. The van der Waals surface area contributed by atoms with Crippen LogP contribution in [0.15, 0.2) is 72.9 Å². The molecule has 0 bridgehead atoms. The molecular formula is C24H20FN7O. The predicted octanol–water partition coefficient (Wildman–Crippen LogP) is 4.22. The van der Waals surface area contributed by atoms with E-state index in [9.17, 15) is 4.39 Å². The number of nitrogen functional groups attached to an aromatic ring is 1. The van der Waals surface area contributed by atoms with Crippen LogP contribution in [0.4, 0.5) is 16.2 Å². The second-order valence-electron chi connectivity index (χ2n) is 7.25. The van der Waals surface area contributed by atoms with Crippen LogP contribution in [0.1, 0.15) is 5.69 Å². The molecule has 8 nitrogen and oxygen atoms in total. The van der Waals surface area contributed by atoms with E-state index in [2.05, 4.69) is 20.4 Å². The maximum atomic E-state index is 13.9. The molecule has 5 aromatic rings. The van der Waals surface area contributed by atoms with Gasteiger partial charge in [0.15, 0.2) is 5.65 Å². The number of benzene rings is 2. The average molecular weight is 441 g/mol. The van der Waals surface area contributed by atoms with E-state index in [-0.39, 0.29) is 5.82 Å². The minimum Gasteiger partial charge on any atom is -0.496 e. The molecule has 3 aromatic heterocycles. The lowest BCUT2D eigenvalue weighted by Crippen LogP contribution is -2.06. The van der Waals surface area contributed by atoms with Crippen LogP contribution in [-0.2, 0) is 6.54 Å². The van der Waals surface area contributed by atoms with E-state index in [1.807, 2.05) is 42.5 Å². The summed E-state index contributed by atoms with van der Waals surface area (Å²) in [5.74, 6) is 0.900. The zero-order valence-corrected chi connectivity index (χ0v) is 17.7. The summed E-state index contributed by atoms with van der Waals surface area (Å²) < 4.78 is 20.9. The molecule has 0 unspecified atom stereocenters. The van der Waals surface area contributed by atoms with E-state index in [1.165, 1.54) is 16.8 Å². The minimum atomic E-state index is -0.389. The van der Waals surface area contributed by atoms with E-state index >= 15 is 0 Å². The van der Waals surface area contributed by atoms with E-state index < -0.39 is 0 Å². The third-order valence-electron chi connectivity index (χ3n) is 5.14. The SMILES string of the molecule is COc1ccccc1-c1nc(NCc2ccccn2)nc2nn(-c3cccc(F)c3)c(N)c12. The van der Waals surface area contributed by atoms with Gasteiger partial charge in [-0.05, 0) is 42.5 Å². The van der Waals surface area contributed by atoms with Crippen molar-refractivity contribution in [3.63, 3.8) is 0 Å². The molecule has 9 heteroatoms. The number of pyridine rings is 1. The maximum absolute atomic E-state index is 13.9.